The Morgan fingerprint density at radius 3 is 2.76 bits per heavy atom. The Labute approximate surface area is 146 Å². The molecule has 9 heteroatoms. The fourth-order valence-electron chi connectivity index (χ4n) is 2.45. The average Bonchev–Trinajstić information content (AvgIpc) is 2.52. The number of hydrogen-bond acceptors (Lipinski definition) is 7. The Balaban J connectivity index is 2.21. The van der Waals surface area contributed by atoms with Crippen molar-refractivity contribution < 1.29 is 24.1 Å². The minimum Gasteiger partial charge on any atom is -0.467 e. The van der Waals surface area contributed by atoms with Gasteiger partial charge in [0.25, 0.3) is 0 Å². The number of rotatable bonds is 4. The number of hydrogen-bond donors (Lipinski definition) is 3. The number of hydrazone groups is 1. The maximum absolute atomic E-state index is 12.1. The lowest BCUT2D eigenvalue weighted by atomic mass is 9.70. The van der Waals surface area contributed by atoms with Crippen LogP contribution in [0.4, 0.5) is 4.79 Å². The molecule has 0 unspecified atom stereocenters. The second-order valence-electron chi connectivity index (χ2n) is 6.64. The first kappa shape index (κ1) is 18.8. The molecule has 0 saturated carbocycles. The Morgan fingerprint density at radius 2 is 2.12 bits per heavy atom. The number of carbonyl (C=O) groups excluding carboxylic acids is 2. The molecule has 0 spiro atoms. The molecular weight excluding hydrogens is 325 g/mol. The van der Waals surface area contributed by atoms with Crippen molar-refractivity contribution in [3.05, 3.63) is 29.3 Å². The first-order valence-electron chi connectivity index (χ1n) is 7.87. The first-order valence-corrected chi connectivity index (χ1v) is 7.87. The van der Waals surface area contributed by atoms with Gasteiger partial charge in [0.05, 0.1) is 13.3 Å². The zero-order valence-corrected chi connectivity index (χ0v) is 14.7. The second kappa shape index (κ2) is 7.56. The fourth-order valence-corrected chi connectivity index (χ4v) is 2.45. The van der Waals surface area contributed by atoms with Crippen molar-refractivity contribution in [3.8, 4) is 0 Å². The van der Waals surface area contributed by atoms with Crippen LogP contribution >= 0.6 is 0 Å². The van der Waals surface area contributed by atoms with Gasteiger partial charge in [-0.05, 0) is 37.4 Å². The van der Waals surface area contributed by atoms with Gasteiger partial charge in [0.15, 0.2) is 0 Å². The number of amides is 1. The van der Waals surface area contributed by atoms with E-state index >= 15 is 0 Å². The minimum atomic E-state index is -0.924. The van der Waals surface area contributed by atoms with Crippen LogP contribution in [0.25, 0.3) is 0 Å². The van der Waals surface area contributed by atoms with Gasteiger partial charge in [-0.1, -0.05) is 18.2 Å². The molecule has 0 saturated heterocycles. The van der Waals surface area contributed by atoms with Gasteiger partial charge in [-0.15, -0.1) is 0 Å². The lowest BCUT2D eigenvalue weighted by molar-refractivity contribution is -0.143. The maximum Gasteiger partial charge on any atom is 0.464 e. The molecule has 0 fully saturated rings. The summed E-state index contributed by atoms with van der Waals surface area (Å²) in [5.74, 6) is -0.588. The highest BCUT2D eigenvalue weighted by Gasteiger charge is 2.28. The zero-order valence-electron chi connectivity index (χ0n) is 14.7. The zero-order chi connectivity index (χ0) is 18.6. The topological polar surface area (TPSA) is 109 Å². The Kier molecular flexibility index (Phi) is 5.68. The number of esters is 1. The van der Waals surface area contributed by atoms with Crippen LogP contribution in [-0.2, 0) is 20.7 Å². The maximum atomic E-state index is 12.1. The highest BCUT2D eigenvalue weighted by molar-refractivity contribution is 6.65. The molecule has 8 nitrogen and oxygen atoms in total. The van der Waals surface area contributed by atoms with E-state index in [2.05, 4.69) is 15.8 Å². The van der Waals surface area contributed by atoms with Crippen LogP contribution in [0, 0.1) is 0 Å². The molecule has 134 valence electrons. The molecule has 3 N–H and O–H groups in total. The van der Waals surface area contributed by atoms with E-state index in [1.165, 1.54) is 7.11 Å². The molecule has 1 aliphatic rings. The summed E-state index contributed by atoms with van der Waals surface area (Å²) in [6.07, 6.45) is 1.04. The van der Waals surface area contributed by atoms with Crippen LogP contribution in [0.5, 0.6) is 0 Å². The highest BCUT2D eigenvalue weighted by atomic mass is 16.6. The molecular formula is C16H22BN3O5. The van der Waals surface area contributed by atoms with Gasteiger partial charge >= 0.3 is 19.1 Å². The van der Waals surface area contributed by atoms with Gasteiger partial charge in [0.1, 0.15) is 11.6 Å². The Bertz CT molecular complexity index is 687. The largest absolute Gasteiger partial charge is 0.467 e. The van der Waals surface area contributed by atoms with Crippen LogP contribution < -0.4 is 16.1 Å². The van der Waals surface area contributed by atoms with E-state index in [9.17, 15) is 14.6 Å². The molecule has 2 rings (SSSR count). The van der Waals surface area contributed by atoms with E-state index in [0.29, 0.717) is 11.0 Å². The minimum absolute atomic E-state index is 0.174. The van der Waals surface area contributed by atoms with E-state index in [0.717, 1.165) is 5.56 Å². The highest BCUT2D eigenvalue weighted by Crippen LogP contribution is 2.12. The van der Waals surface area contributed by atoms with Crippen LogP contribution in [0.3, 0.4) is 0 Å². The van der Waals surface area contributed by atoms with Crippen LogP contribution in [0.2, 0.25) is 0 Å². The predicted molar refractivity (Wildman–Crippen MR) is 93.7 cm³/mol. The fraction of sp³-hybridized carbons (Fsp3) is 0.438. The van der Waals surface area contributed by atoms with Crippen LogP contribution in [-0.4, -0.2) is 49.1 Å². The van der Waals surface area contributed by atoms with Crippen molar-refractivity contribution in [3.63, 3.8) is 0 Å². The summed E-state index contributed by atoms with van der Waals surface area (Å²) in [7, 11) is 0.331. The summed E-state index contributed by atoms with van der Waals surface area (Å²) in [5, 5.41) is 18.9. The number of benzene rings is 1. The summed E-state index contributed by atoms with van der Waals surface area (Å²) in [6, 6.07) is 4.40. The summed E-state index contributed by atoms with van der Waals surface area (Å²) in [4.78, 5) is 24.1. The molecule has 25 heavy (non-hydrogen) atoms. The summed E-state index contributed by atoms with van der Waals surface area (Å²) < 4.78 is 9.97. The molecule has 1 heterocycles. The number of carbonyl (C=O) groups is 2. The lowest BCUT2D eigenvalue weighted by Gasteiger charge is -2.23. The van der Waals surface area contributed by atoms with Crippen molar-refractivity contribution in [2.24, 2.45) is 5.10 Å². The Hall–Kier alpha value is -2.55. The number of nitrogens with one attached hydrogen (secondary N) is 2. The number of nitrogens with zero attached hydrogens (tertiary/aromatic N) is 1. The van der Waals surface area contributed by atoms with Gasteiger partial charge in [0, 0.05) is 6.42 Å². The van der Waals surface area contributed by atoms with Crippen molar-refractivity contribution in [1.82, 2.24) is 10.7 Å². The summed E-state index contributed by atoms with van der Waals surface area (Å²) >= 11 is 0. The van der Waals surface area contributed by atoms with E-state index in [-0.39, 0.29) is 6.42 Å². The number of ether oxygens (including phenoxy) is 2. The van der Waals surface area contributed by atoms with Crippen LogP contribution in [0.15, 0.2) is 23.3 Å². The van der Waals surface area contributed by atoms with Gasteiger partial charge in [-0.3, -0.25) is 0 Å². The Morgan fingerprint density at radius 1 is 1.40 bits per heavy atom. The summed E-state index contributed by atoms with van der Waals surface area (Å²) in [5.41, 5.74) is 1.41. The van der Waals surface area contributed by atoms with Gasteiger partial charge < -0.3 is 25.2 Å². The smallest absolute Gasteiger partial charge is 0.464 e. The van der Waals surface area contributed by atoms with E-state index < -0.39 is 30.8 Å². The third-order valence-electron chi connectivity index (χ3n) is 3.52. The van der Waals surface area contributed by atoms with Gasteiger partial charge in [0.2, 0.25) is 0 Å². The third-order valence-corrected chi connectivity index (χ3v) is 3.52. The predicted octanol–water partition coefficient (Wildman–Crippen LogP) is -0.0800. The molecule has 0 bridgehead atoms. The van der Waals surface area contributed by atoms with Gasteiger partial charge in [-0.2, -0.15) is 5.10 Å². The SMILES string of the molecule is COC(=O)[C@H](Cc1cccc2c1C=NNB2O)NC(=O)OC(C)(C)C. The molecule has 1 aromatic rings. The van der Waals surface area contributed by atoms with E-state index in [1.807, 2.05) is 0 Å². The normalized spacial score (nSPS) is 14.2. The van der Waals surface area contributed by atoms with E-state index in [4.69, 9.17) is 9.47 Å². The second-order valence-corrected chi connectivity index (χ2v) is 6.64. The molecule has 0 aliphatic carbocycles. The van der Waals surface area contributed by atoms with Crippen molar-refractivity contribution in [2.45, 2.75) is 38.8 Å². The number of alkyl carbamates (subject to hydrolysis) is 1. The quantitative estimate of drug-likeness (QED) is 0.519. The van der Waals surface area contributed by atoms with Gasteiger partial charge in [-0.25, -0.2) is 9.59 Å². The van der Waals surface area contributed by atoms with Crippen LogP contribution in [0.1, 0.15) is 31.9 Å². The lowest BCUT2D eigenvalue weighted by Crippen LogP contribution is -2.48. The van der Waals surface area contributed by atoms with Crippen molar-refractivity contribution >= 4 is 30.8 Å². The first-order chi connectivity index (χ1) is 11.7. The molecule has 0 aromatic heterocycles. The average molecular weight is 347 g/mol. The molecule has 0 radical (unpaired) electrons. The number of fused-ring (bicyclic) bond motifs is 1. The third kappa shape index (κ3) is 4.96. The molecule has 1 aliphatic heterocycles. The van der Waals surface area contributed by atoms with Crippen molar-refractivity contribution in [2.75, 3.05) is 7.11 Å². The van der Waals surface area contributed by atoms with E-state index in [1.54, 1.807) is 45.2 Å². The summed E-state index contributed by atoms with van der Waals surface area (Å²) in [6.45, 7) is 5.20. The van der Waals surface area contributed by atoms with Crippen molar-refractivity contribution in [1.29, 1.82) is 0 Å². The number of methoxy groups -OCH3 is 1. The molecule has 1 amide bonds. The molecule has 1 aromatic carbocycles. The standard InChI is InChI=1S/C16H22BN3O5/c1-16(2,3)25-15(22)19-13(14(21)24-4)8-10-6-5-7-12-11(10)9-18-20-17(12)23/h5-7,9,13,20,23H,8H2,1-4H3,(H,19,22)/t13-/m0/s1. The monoisotopic (exact) mass is 347 g/mol. The molecule has 1 atom stereocenters.